The van der Waals surface area contributed by atoms with Gasteiger partial charge in [-0.05, 0) is 0 Å². The molecule has 11 N–H and O–H groups in total. The lowest BCUT2D eigenvalue weighted by molar-refractivity contribution is -0.284. The molecular weight excluding hydrogens is 318 g/mol. The third-order valence-electron chi connectivity index (χ3n) is 4.58. The Morgan fingerprint density at radius 2 is 1.83 bits per heavy atom. The van der Waals surface area contributed by atoms with Crippen LogP contribution in [0, 0.1) is 5.92 Å². The quantitative estimate of drug-likeness (QED) is 0.233. The summed E-state index contributed by atoms with van der Waals surface area (Å²) in [4.78, 5) is 14.7. The molecule has 12 nitrogen and oxygen atoms in total. The van der Waals surface area contributed by atoms with Gasteiger partial charge >= 0.3 is 5.97 Å². The first-order chi connectivity index (χ1) is 10.5. The van der Waals surface area contributed by atoms with Crippen molar-refractivity contribution in [1.29, 1.82) is 0 Å². The number of hydrogen-bond donors (Lipinski definition) is 10. The molecule has 0 spiro atoms. The molecule has 0 radical (unpaired) electrons. The molecule has 2 rings (SSSR count). The number of guanidine groups is 1. The van der Waals surface area contributed by atoms with Crippen LogP contribution in [0.4, 0.5) is 0 Å². The van der Waals surface area contributed by atoms with Gasteiger partial charge in [-0.2, -0.15) is 0 Å². The van der Waals surface area contributed by atoms with Crippen LogP contribution in [0.15, 0.2) is 4.99 Å². The summed E-state index contributed by atoms with van der Waals surface area (Å²) in [6, 6.07) is 0. The summed E-state index contributed by atoms with van der Waals surface area (Å²) in [5.41, 5.74) is 0.252. The maximum atomic E-state index is 11.2. The second-order valence-electron chi connectivity index (χ2n) is 5.74. The molecule has 132 valence electrons. The number of aliphatic hydroxyl groups excluding tert-OH is 6. The molecule has 0 aromatic carbocycles. The summed E-state index contributed by atoms with van der Waals surface area (Å²) in [7, 11) is 0. The topological polar surface area (TPSA) is 229 Å². The average molecular weight is 337 g/mol. The molecule has 1 aliphatic heterocycles. The van der Waals surface area contributed by atoms with Gasteiger partial charge in [0.15, 0.2) is 18.3 Å². The molecule has 2 aliphatic rings. The number of nitrogens with one attached hydrogen (secondary N) is 1. The van der Waals surface area contributed by atoms with Gasteiger partial charge in [-0.1, -0.05) is 0 Å². The fourth-order valence-electron chi connectivity index (χ4n) is 3.33. The Bertz CT molecular complexity index is 531. The Balaban J connectivity index is 2.68. The fourth-order valence-corrected chi connectivity index (χ4v) is 3.33. The van der Waals surface area contributed by atoms with Gasteiger partial charge in [-0.15, -0.1) is 0 Å². The van der Waals surface area contributed by atoms with E-state index in [4.69, 9.17) is 10.8 Å². The van der Waals surface area contributed by atoms with Crippen LogP contribution in [0.25, 0.3) is 0 Å². The lowest BCUT2D eigenvalue weighted by Crippen LogP contribution is -2.85. The lowest BCUT2D eigenvalue weighted by atomic mass is 9.58. The number of aliphatic imine (C=N–C) groups is 1. The number of rotatable bonds is 3. The largest absolute Gasteiger partial charge is 0.479 e. The van der Waals surface area contributed by atoms with E-state index in [1.807, 2.05) is 0 Å². The molecule has 12 heteroatoms. The molecule has 1 aliphatic carbocycles. The molecule has 1 fully saturated rings. The summed E-state index contributed by atoms with van der Waals surface area (Å²) in [6.07, 6.45) is -11.0. The molecule has 8 atom stereocenters. The number of aliphatic hydroxyl groups is 7. The second kappa shape index (κ2) is 5.52. The van der Waals surface area contributed by atoms with Crippen LogP contribution in [0.3, 0.4) is 0 Å². The fraction of sp³-hybridized carbons (Fsp3) is 0.818. The lowest BCUT2D eigenvalue weighted by Gasteiger charge is -2.59. The minimum Gasteiger partial charge on any atom is -0.479 e. The average Bonchev–Trinajstić information content (AvgIpc) is 2.48. The van der Waals surface area contributed by atoms with Gasteiger partial charge in [0.25, 0.3) is 0 Å². The van der Waals surface area contributed by atoms with Gasteiger partial charge in [0, 0.05) is 0 Å². The van der Waals surface area contributed by atoms with Crippen LogP contribution >= 0.6 is 0 Å². The summed E-state index contributed by atoms with van der Waals surface area (Å²) in [5, 5.41) is 81.4. The Hall–Kier alpha value is -1.54. The van der Waals surface area contributed by atoms with Crippen molar-refractivity contribution < 1.29 is 45.6 Å². The van der Waals surface area contributed by atoms with Gasteiger partial charge in [0.05, 0.1) is 18.6 Å². The van der Waals surface area contributed by atoms with E-state index in [-0.39, 0.29) is 0 Å². The Morgan fingerprint density at radius 1 is 1.26 bits per heavy atom. The Kier molecular flexibility index (Phi) is 4.28. The molecule has 23 heavy (non-hydrogen) atoms. The maximum absolute atomic E-state index is 11.2. The smallest absolute Gasteiger partial charge is 0.335 e. The van der Waals surface area contributed by atoms with E-state index in [1.165, 1.54) is 0 Å². The Labute approximate surface area is 129 Å². The number of carbonyl (C=O) groups is 1. The van der Waals surface area contributed by atoms with Gasteiger partial charge in [0.1, 0.15) is 23.3 Å². The molecular formula is C11H19N3O9. The number of aliphatic carboxylic acids is 1. The van der Waals surface area contributed by atoms with Crippen LogP contribution < -0.4 is 11.1 Å². The number of hydrogen-bond acceptors (Lipinski definition) is 11. The minimum atomic E-state index is -2.68. The number of nitrogens with two attached hydrogens (primary N) is 1. The first-order valence-corrected chi connectivity index (χ1v) is 6.61. The highest BCUT2D eigenvalue weighted by Crippen LogP contribution is 2.45. The third-order valence-corrected chi connectivity index (χ3v) is 4.58. The van der Waals surface area contributed by atoms with Crippen molar-refractivity contribution in [3.8, 4) is 0 Å². The van der Waals surface area contributed by atoms with Crippen molar-refractivity contribution in [3.63, 3.8) is 0 Å². The van der Waals surface area contributed by atoms with E-state index in [9.17, 15) is 40.5 Å². The zero-order chi connectivity index (χ0) is 17.7. The van der Waals surface area contributed by atoms with Crippen molar-refractivity contribution in [2.45, 2.75) is 41.8 Å². The molecule has 1 heterocycles. The predicted molar refractivity (Wildman–Crippen MR) is 70.7 cm³/mol. The zero-order valence-corrected chi connectivity index (χ0v) is 11.7. The molecule has 0 amide bonds. The second-order valence-corrected chi connectivity index (χ2v) is 5.74. The highest BCUT2D eigenvalue weighted by atomic mass is 16.4. The first kappa shape index (κ1) is 17.8. The van der Waals surface area contributed by atoms with Crippen LogP contribution in [0.2, 0.25) is 0 Å². The molecule has 0 aromatic rings. The molecule has 1 saturated carbocycles. The third kappa shape index (κ3) is 2.19. The van der Waals surface area contributed by atoms with E-state index in [0.717, 1.165) is 0 Å². The number of carboxylic acid groups (broad SMARTS) is 1. The van der Waals surface area contributed by atoms with Crippen LogP contribution in [-0.4, -0.2) is 101 Å². The molecule has 0 saturated heterocycles. The zero-order valence-electron chi connectivity index (χ0n) is 11.7. The number of fused-ring (bicyclic) bond motifs is 1. The van der Waals surface area contributed by atoms with E-state index in [0.29, 0.717) is 0 Å². The summed E-state index contributed by atoms with van der Waals surface area (Å²) in [6.45, 7) is -1.21. The summed E-state index contributed by atoms with van der Waals surface area (Å²) in [5.74, 6) is -4.21. The predicted octanol–water partition coefficient (Wildman–Crippen LogP) is -6.16. The number of carboxylic acids is 1. The minimum absolute atomic E-state index is 0.554. The van der Waals surface area contributed by atoms with Crippen molar-refractivity contribution in [2.75, 3.05) is 6.61 Å². The standard InChI is InChI=1S/C11H19N3O9/c12-9-13-7(20)2-3(16)10(23,1-15)4(17)5(18)11(2,14-9)6(19)8(21)22/h2-7,15-20,23H,1H2,(H,21,22)(H3,12,13,14)/t2-,3-,4+,5-,6-,7-,10+,11-/m1/s1. The summed E-state index contributed by atoms with van der Waals surface area (Å²) < 4.78 is 0. The Morgan fingerprint density at radius 3 is 2.30 bits per heavy atom. The van der Waals surface area contributed by atoms with Crippen molar-refractivity contribution >= 4 is 11.9 Å². The normalized spacial score (nSPS) is 48.0. The van der Waals surface area contributed by atoms with Crippen LogP contribution in [0.5, 0.6) is 0 Å². The van der Waals surface area contributed by atoms with Crippen LogP contribution in [0.1, 0.15) is 0 Å². The summed E-state index contributed by atoms with van der Waals surface area (Å²) >= 11 is 0. The molecule has 0 aromatic heterocycles. The highest BCUT2D eigenvalue weighted by molar-refractivity contribution is 5.83. The van der Waals surface area contributed by atoms with E-state index in [2.05, 4.69) is 10.3 Å². The highest BCUT2D eigenvalue weighted by Gasteiger charge is 2.71. The van der Waals surface area contributed by atoms with Gasteiger partial charge in [-0.3, -0.25) is 0 Å². The molecule has 0 unspecified atom stereocenters. The van der Waals surface area contributed by atoms with E-state index < -0.39 is 66.2 Å². The first-order valence-electron chi connectivity index (χ1n) is 6.61. The van der Waals surface area contributed by atoms with Crippen LogP contribution in [-0.2, 0) is 4.79 Å². The maximum Gasteiger partial charge on any atom is 0.335 e. The van der Waals surface area contributed by atoms with E-state index >= 15 is 0 Å². The van der Waals surface area contributed by atoms with Gasteiger partial charge in [-0.25, -0.2) is 9.79 Å². The van der Waals surface area contributed by atoms with Gasteiger partial charge < -0.3 is 51.9 Å². The van der Waals surface area contributed by atoms with Crippen molar-refractivity contribution in [1.82, 2.24) is 5.32 Å². The van der Waals surface area contributed by atoms with Crippen molar-refractivity contribution in [3.05, 3.63) is 0 Å². The van der Waals surface area contributed by atoms with Crippen molar-refractivity contribution in [2.24, 2.45) is 16.6 Å². The van der Waals surface area contributed by atoms with Gasteiger partial charge in [0.2, 0.25) is 0 Å². The monoisotopic (exact) mass is 337 g/mol. The molecule has 0 bridgehead atoms. The number of nitrogens with zero attached hydrogens (tertiary/aromatic N) is 1. The SMILES string of the molecule is NC1=N[C@H](O)[C@H]2[C@@H](O)[C@@](O)(CO)[C@@H](O)[C@@H](O)[C@]2([C@H](O)C(=O)O)N1. The van der Waals surface area contributed by atoms with E-state index in [1.54, 1.807) is 0 Å².